The fraction of sp³-hybridized carbons (Fsp3) is 0.280. The van der Waals surface area contributed by atoms with Gasteiger partial charge in [0.15, 0.2) is 24.1 Å². The van der Waals surface area contributed by atoms with Crippen LogP contribution < -0.4 is 9.47 Å². The Labute approximate surface area is 227 Å². The molecule has 1 heterocycles. The number of rotatable bonds is 10. The molecule has 1 N–H and O–H groups in total. The normalized spacial score (nSPS) is 15.2. The average molecular weight is 594 g/mol. The number of amides is 2. The molecule has 0 saturated carbocycles. The van der Waals surface area contributed by atoms with E-state index in [1.807, 2.05) is 13.8 Å². The third-order valence-electron chi connectivity index (χ3n) is 5.44. The first-order valence-corrected chi connectivity index (χ1v) is 13.1. The monoisotopic (exact) mass is 592 g/mol. The van der Waals surface area contributed by atoms with Gasteiger partial charge in [0.2, 0.25) is 0 Å². The van der Waals surface area contributed by atoms with Gasteiger partial charge in [0.1, 0.15) is 4.32 Å². The van der Waals surface area contributed by atoms with Crippen LogP contribution in [0.4, 0.5) is 0 Å². The maximum atomic E-state index is 13.2. The summed E-state index contributed by atoms with van der Waals surface area (Å²) < 4.78 is 11.9. The third kappa shape index (κ3) is 6.08. The Balaban J connectivity index is 1.87. The summed E-state index contributed by atoms with van der Waals surface area (Å²) in [6, 6.07) is 10.6. The maximum Gasteiger partial charge on any atom is 0.331 e. The zero-order chi connectivity index (χ0) is 26.4. The number of carbonyl (C=O) groups is 3. The topological polar surface area (TPSA) is 96.4 Å². The molecule has 1 fully saturated rings. The largest absolute Gasteiger partial charge is 0.493 e. The molecule has 36 heavy (non-hydrogen) atoms. The van der Waals surface area contributed by atoms with Crippen LogP contribution in [-0.4, -0.2) is 63.8 Å². The zero-order valence-corrected chi connectivity index (χ0v) is 23.1. The van der Waals surface area contributed by atoms with Gasteiger partial charge in [0.05, 0.1) is 16.5 Å². The standard InChI is InChI=1S/C25H25BrN2O6S2/c1-4-27(5-2)20(29)14-34-22-17(26)11-15(12-18(22)33-3)13-19-23(30)28(25(35)36-19)21(24(31)32)16-9-7-6-8-10-16/h6-13,21H,4-5,14H2,1-3H3,(H,31,32)/b19-13+. The highest BCUT2D eigenvalue weighted by molar-refractivity contribution is 9.10. The van der Waals surface area contributed by atoms with Crippen molar-refractivity contribution < 1.29 is 29.0 Å². The minimum Gasteiger partial charge on any atom is -0.493 e. The molecule has 2 amide bonds. The predicted octanol–water partition coefficient (Wildman–Crippen LogP) is 4.73. The number of nitrogens with zero attached hydrogens (tertiary/aromatic N) is 2. The number of carboxylic acid groups (broad SMARTS) is 1. The van der Waals surface area contributed by atoms with Crippen LogP contribution in [0.25, 0.3) is 6.08 Å². The van der Waals surface area contributed by atoms with E-state index in [2.05, 4.69) is 15.9 Å². The number of carbonyl (C=O) groups excluding carboxylic acids is 2. The van der Waals surface area contributed by atoms with E-state index in [1.54, 1.807) is 53.4 Å². The summed E-state index contributed by atoms with van der Waals surface area (Å²) >= 11 is 9.86. The summed E-state index contributed by atoms with van der Waals surface area (Å²) in [4.78, 5) is 40.7. The molecule has 0 bridgehead atoms. The average Bonchev–Trinajstić information content (AvgIpc) is 3.12. The molecule has 2 aromatic rings. The molecule has 0 aromatic heterocycles. The Kier molecular flexibility index (Phi) is 9.52. The van der Waals surface area contributed by atoms with Crippen molar-refractivity contribution in [3.05, 3.63) is 63.0 Å². The second kappa shape index (κ2) is 12.4. The smallest absolute Gasteiger partial charge is 0.331 e. The molecule has 11 heteroatoms. The van der Waals surface area contributed by atoms with Gasteiger partial charge in [0, 0.05) is 13.1 Å². The second-order valence-electron chi connectivity index (χ2n) is 7.59. The van der Waals surface area contributed by atoms with Gasteiger partial charge in [-0.3, -0.25) is 14.5 Å². The number of thiocarbonyl (C=S) groups is 1. The van der Waals surface area contributed by atoms with Crippen molar-refractivity contribution in [1.29, 1.82) is 0 Å². The molecule has 8 nitrogen and oxygen atoms in total. The first-order chi connectivity index (χ1) is 17.2. The summed E-state index contributed by atoms with van der Waals surface area (Å²) in [7, 11) is 1.47. The van der Waals surface area contributed by atoms with Crippen LogP contribution in [0.1, 0.15) is 31.0 Å². The highest BCUT2D eigenvalue weighted by atomic mass is 79.9. The van der Waals surface area contributed by atoms with Crippen molar-refractivity contribution in [3.8, 4) is 11.5 Å². The molecule has 0 spiro atoms. The van der Waals surface area contributed by atoms with Gasteiger partial charge in [0.25, 0.3) is 11.8 Å². The Bertz CT molecular complexity index is 1200. The first-order valence-electron chi connectivity index (χ1n) is 11.0. The van der Waals surface area contributed by atoms with Crippen LogP contribution in [0.5, 0.6) is 11.5 Å². The minimum absolute atomic E-state index is 0.145. The summed E-state index contributed by atoms with van der Waals surface area (Å²) in [6.45, 7) is 4.81. The lowest BCUT2D eigenvalue weighted by molar-refractivity contribution is -0.145. The van der Waals surface area contributed by atoms with Crippen molar-refractivity contribution in [3.63, 3.8) is 0 Å². The molecule has 2 aromatic carbocycles. The third-order valence-corrected chi connectivity index (χ3v) is 7.36. The Morgan fingerprint density at radius 3 is 2.47 bits per heavy atom. The highest BCUT2D eigenvalue weighted by Crippen LogP contribution is 2.41. The van der Waals surface area contributed by atoms with Crippen LogP contribution in [0, 0.1) is 0 Å². The number of thioether (sulfide) groups is 1. The fourth-order valence-electron chi connectivity index (χ4n) is 3.66. The number of hydrogen-bond donors (Lipinski definition) is 1. The number of halogens is 1. The van der Waals surface area contributed by atoms with Gasteiger partial charge in [-0.05, 0) is 59.1 Å². The van der Waals surface area contributed by atoms with Gasteiger partial charge in [-0.15, -0.1) is 0 Å². The molecule has 190 valence electrons. The van der Waals surface area contributed by atoms with Gasteiger partial charge in [-0.25, -0.2) is 4.79 Å². The summed E-state index contributed by atoms with van der Waals surface area (Å²) in [5.41, 5.74) is 1.06. The summed E-state index contributed by atoms with van der Waals surface area (Å²) in [5, 5.41) is 9.84. The van der Waals surface area contributed by atoms with Gasteiger partial charge < -0.3 is 19.5 Å². The lowest BCUT2D eigenvalue weighted by Crippen LogP contribution is -2.37. The van der Waals surface area contributed by atoms with Crippen LogP contribution in [0.2, 0.25) is 0 Å². The molecule has 0 radical (unpaired) electrons. The van der Waals surface area contributed by atoms with Crippen LogP contribution in [-0.2, 0) is 14.4 Å². The Morgan fingerprint density at radius 1 is 1.22 bits per heavy atom. The van der Waals surface area contributed by atoms with E-state index in [1.165, 1.54) is 7.11 Å². The van der Waals surface area contributed by atoms with Crippen molar-refractivity contribution in [2.24, 2.45) is 0 Å². The summed E-state index contributed by atoms with van der Waals surface area (Å²) in [6.07, 6.45) is 1.61. The number of methoxy groups -OCH3 is 1. The lowest BCUT2D eigenvalue weighted by atomic mass is 10.1. The number of ether oxygens (including phenoxy) is 2. The number of likely N-dealkylation sites (N-methyl/N-ethyl adjacent to an activating group) is 1. The molecular weight excluding hydrogens is 568 g/mol. The SMILES string of the molecule is CCN(CC)C(=O)COc1c(Br)cc(/C=C2/SC(=S)N(C(C(=O)O)c3ccccc3)C2=O)cc1OC. The van der Waals surface area contributed by atoms with Crippen LogP contribution in [0.15, 0.2) is 51.8 Å². The van der Waals surface area contributed by atoms with Crippen molar-refractivity contribution in [2.45, 2.75) is 19.9 Å². The molecule has 0 aliphatic carbocycles. The Hall–Kier alpha value is -2.89. The van der Waals surface area contributed by atoms with E-state index >= 15 is 0 Å². The van der Waals surface area contributed by atoms with Gasteiger partial charge in [-0.1, -0.05) is 54.3 Å². The molecule has 3 rings (SSSR count). The highest BCUT2D eigenvalue weighted by Gasteiger charge is 2.41. The van der Waals surface area contributed by atoms with Crippen molar-refractivity contribution in [2.75, 3.05) is 26.8 Å². The minimum atomic E-state index is -1.23. The Morgan fingerprint density at radius 2 is 1.89 bits per heavy atom. The lowest BCUT2D eigenvalue weighted by Gasteiger charge is -2.23. The maximum absolute atomic E-state index is 13.2. The number of carboxylic acids is 1. The number of benzene rings is 2. The van der Waals surface area contributed by atoms with E-state index in [9.17, 15) is 19.5 Å². The molecular formula is C25H25BrN2O6S2. The molecule has 1 aliphatic heterocycles. The molecule has 1 unspecified atom stereocenters. The predicted molar refractivity (Wildman–Crippen MR) is 146 cm³/mol. The van der Waals surface area contributed by atoms with Crippen LogP contribution in [0.3, 0.4) is 0 Å². The second-order valence-corrected chi connectivity index (χ2v) is 10.1. The van der Waals surface area contributed by atoms with E-state index < -0.39 is 17.9 Å². The molecule has 1 atom stereocenters. The van der Waals surface area contributed by atoms with E-state index in [0.29, 0.717) is 40.2 Å². The van der Waals surface area contributed by atoms with E-state index in [4.69, 9.17) is 21.7 Å². The van der Waals surface area contributed by atoms with Crippen molar-refractivity contribution >= 4 is 68.1 Å². The number of hydrogen-bond acceptors (Lipinski definition) is 7. The van der Waals surface area contributed by atoms with Crippen molar-refractivity contribution in [1.82, 2.24) is 9.80 Å². The van der Waals surface area contributed by atoms with Gasteiger partial charge in [-0.2, -0.15) is 0 Å². The number of aliphatic carboxylic acids is 1. The zero-order valence-electron chi connectivity index (χ0n) is 19.9. The first kappa shape index (κ1) is 27.7. The van der Waals surface area contributed by atoms with Crippen LogP contribution >= 0.6 is 39.9 Å². The quantitative estimate of drug-likeness (QED) is 0.312. The van der Waals surface area contributed by atoms with E-state index in [0.717, 1.165) is 16.7 Å². The molecule has 1 aliphatic rings. The molecule has 1 saturated heterocycles. The summed E-state index contributed by atoms with van der Waals surface area (Å²) in [5.74, 6) is -1.10. The van der Waals surface area contributed by atoms with Gasteiger partial charge >= 0.3 is 5.97 Å². The van der Waals surface area contributed by atoms with E-state index in [-0.39, 0.29) is 21.7 Å². The fourth-order valence-corrected chi connectivity index (χ4v) is 5.54.